The number of nitrogens with zero attached hydrogens (tertiary/aromatic N) is 2. The lowest BCUT2D eigenvalue weighted by molar-refractivity contribution is -0.116. The molecule has 0 unspecified atom stereocenters. The van der Waals surface area contributed by atoms with Gasteiger partial charge in [-0.15, -0.1) is 0 Å². The number of rotatable bonds is 7. The highest BCUT2D eigenvalue weighted by atomic mass is 35.5. The van der Waals surface area contributed by atoms with E-state index in [1.165, 1.54) is 38.2 Å². The zero-order chi connectivity index (χ0) is 17.5. The standard InChI is InChI=1S/C19H24ClN3O2/c20-19-16(23-13-5-4-9-17(23)22-19)10-11-18(24)21-12-6-14-25-15-7-2-1-3-8-15/h4-5,9-11,13,15H,1-3,6-8,12,14H2,(H,21,24)/b11-10+. The highest BCUT2D eigenvalue weighted by molar-refractivity contribution is 6.31. The highest BCUT2D eigenvalue weighted by Crippen LogP contribution is 2.20. The van der Waals surface area contributed by atoms with Gasteiger partial charge in [0.05, 0.1) is 11.8 Å². The van der Waals surface area contributed by atoms with Gasteiger partial charge in [0.15, 0.2) is 5.15 Å². The van der Waals surface area contributed by atoms with E-state index in [1.54, 1.807) is 6.08 Å². The average molecular weight is 362 g/mol. The van der Waals surface area contributed by atoms with E-state index in [1.807, 2.05) is 28.8 Å². The summed E-state index contributed by atoms with van der Waals surface area (Å²) in [7, 11) is 0. The topological polar surface area (TPSA) is 55.6 Å². The van der Waals surface area contributed by atoms with Crippen LogP contribution < -0.4 is 5.32 Å². The fourth-order valence-electron chi connectivity index (χ4n) is 3.11. The number of carbonyl (C=O) groups is 1. The molecule has 0 atom stereocenters. The van der Waals surface area contributed by atoms with Gasteiger partial charge in [0.1, 0.15) is 5.65 Å². The normalized spacial score (nSPS) is 15.9. The first kappa shape index (κ1) is 18.0. The molecule has 2 aromatic rings. The largest absolute Gasteiger partial charge is 0.378 e. The molecule has 0 aromatic carbocycles. The number of pyridine rings is 1. The van der Waals surface area contributed by atoms with Gasteiger partial charge in [-0.3, -0.25) is 9.20 Å². The van der Waals surface area contributed by atoms with Crippen molar-refractivity contribution in [1.82, 2.24) is 14.7 Å². The van der Waals surface area contributed by atoms with Gasteiger partial charge in [-0.1, -0.05) is 36.9 Å². The summed E-state index contributed by atoms with van der Waals surface area (Å²) >= 11 is 6.14. The zero-order valence-electron chi connectivity index (χ0n) is 14.3. The molecule has 1 amide bonds. The number of carbonyl (C=O) groups excluding carboxylic acids is 1. The molecule has 2 heterocycles. The van der Waals surface area contributed by atoms with Gasteiger partial charge in [-0.05, 0) is 37.5 Å². The summed E-state index contributed by atoms with van der Waals surface area (Å²) < 4.78 is 7.70. The van der Waals surface area contributed by atoms with E-state index in [0.29, 0.717) is 30.1 Å². The van der Waals surface area contributed by atoms with Crippen LogP contribution >= 0.6 is 11.6 Å². The Kier molecular flexibility index (Phi) is 6.48. The number of fused-ring (bicyclic) bond motifs is 1. The van der Waals surface area contributed by atoms with E-state index in [-0.39, 0.29) is 5.91 Å². The number of amides is 1. The Bertz CT molecular complexity index is 735. The minimum absolute atomic E-state index is 0.139. The van der Waals surface area contributed by atoms with Crippen molar-refractivity contribution in [2.45, 2.75) is 44.6 Å². The van der Waals surface area contributed by atoms with Crippen LogP contribution in [0.3, 0.4) is 0 Å². The van der Waals surface area contributed by atoms with Crippen LogP contribution in [0.15, 0.2) is 30.5 Å². The molecule has 1 fully saturated rings. The Morgan fingerprint density at radius 2 is 2.20 bits per heavy atom. The van der Waals surface area contributed by atoms with Crippen LogP contribution in [-0.4, -0.2) is 34.5 Å². The predicted octanol–water partition coefficient (Wildman–Crippen LogP) is 3.86. The predicted molar refractivity (Wildman–Crippen MR) is 99.7 cm³/mol. The second-order valence-electron chi connectivity index (χ2n) is 6.33. The Labute approximate surface area is 153 Å². The Morgan fingerprint density at radius 1 is 1.36 bits per heavy atom. The molecule has 25 heavy (non-hydrogen) atoms. The summed E-state index contributed by atoms with van der Waals surface area (Å²) in [5.41, 5.74) is 1.46. The lowest BCUT2D eigenvalue weighted by Crippen LogP contribution is -2.24. The quantitative estimate of drug-likeness (QED) is 0.602. The number of hydrogen-bond acceptors (Lipinski definition) is 3. The van der Waals surface area contributed by atoms with E-state index >= 15 is 0 Å². The molecular weight excluding hydrogens is 338 g/mol. The van der Waals surface area contributed by atoms with Crippen molar-refractivity contribution in [2.75, 3.05) is 13.2 Å². The third-order valence-electron chi connectivity index (χ3n) is 4.44. The summed E-state index contributed by atoms with van der Waals surface area (Å²) in [4.78, 5) is 16.2. The molecule has 1 aliphatic carbocycles. The second kappa shape index (κ2) is 9.02. The lowest BCUT2D eigenvalue weighted by atomic mass is 9.98. The summed E-state index contributed by atoms with van der Waals surface area (Å²) in [6.45, 7) is 1.31. The Morgan fingerprint density at radius 3 is 3.04 bits per heavy atom. The van der Waals surface area contributed by atoms with Crippen LogP contribution in [0, 0.1) is 0 Å². The smallest absolute Gasteiger partial charge is 0.244 e. The molecule has 0 aliphatic heterocycles. The fourth-order valence-corrected chi connectivity index (χ4v) is 3.35. The molecule has 1 N–H and O–H groups in total. The summed E-state index contributed by atoms with van der Waals surface area (Å²) in [5, 5.41) is 3.26. The molecule has 0 saturated heterocycles. The minimum atomic E-state index is -0.139. The number of nitrogens with one attached hydrogen (secondary N) is 1. The van der Waals surface area contributed by atoms with Crippen LogP contribution in [0.5, 0.6) is 0 Å². The first-order valence-corrected chi connectivity index (χ1v) is 9.32. The number of halogens is 1. The molecule has 6 heteroatoms. The second-order valence-corrected chi connectivity index (χ2v) is 6.68. The number of aromatic nitrogens is 2. The van der Waals surface area contributed by atoms with E-state index in [4.69, 9.17) is 16.3 Å². The van der Waals surface area contributed by atoms with Gasteiger partial charge in [-0.2, -0.15) is 0 Å². The highest BCUT2D eigenvalue weighted by Gasteiger charge is 2.13. The van der Waals surface area contributed by atoms with Gasteiger partial charge >= 0.3 is 0 Å². The first-order valence-electron chi connectivity index (χ1n) is 8.94. The van der Waals surface area contributed by atoms with Gasteiger partial charge < -0.3 is 10.1 Å². The summed E-state index contributed by atoms with van der Waals surface area (Å²) in [6.07, 6.45) is 12.5. The third kappa shape index (κ3) is 5.06. The van der Waals surface area contributed by atoms with Crippen LogP contribution in [0.2, 0.25) is 5.15 Å². The first-order chi connectivity index (χ1) is 12.2. The maximum absolute atomic E-state index is 11.9. The van der Waals surface area contributed by atoms with Crippen molar-refractivity contribution < 1.29 is 9.53 Å². The SMILES string of the molecule is O=C(/C=C/c1c(Cl)nc2ccccn12)NCCCOC1CCCCC1. The van der Waals surface area contributed by atoms with Crippen LogP contribution in [0.1, 0.15) is 44.2 Å². The molecule has 1 aliphatic rings. The number of ether oxygens (including phenoxy) is 1. The van der Waals surface area contributed by atoms with Gasteiger partial charge in [-0.25, -0.2) is 4.98 Å². The van der Waals surface area contributed by atoms with Gasteiger partial charge in [0, 0.05) is 25.4 Å². The third-order valence-corrected chi connectivity index (χ3v) is 4.72. The molecule has 134 valence electrons. The molecule has 1 saturated carbocycles. The summed E-state index contributed by atoms with van der Waals surface area (Å²) in [5.74, 6) is -0.139. The van der Waals surface area contributed by atoms with Crippen molar-refractivity contribution in [3.63, 3.8) is 0 Å². The van der Waals surface area contributed by atoms with Crippen molar-refractivity contribution in [1.29, 1.82) is 0 Å². The van der Waals surface area contributed by atoms with Crippen LogP contribution in [-0.2, 0) is 9.53 Å². The minimum Gasteiger partial charge on any atom is -0.378 e. The van der Waals surface area contributed by atoms with E-state index in [9.17, 15) is 4.79 Å². The van der Waals surface area contributed by atoms with Gasteiger partial charge in [0.2, 0.25) is 5.91 Å². The molecule has 5 nitrogen and oxygen atoms in total. The number of imidazole rings is 1. The lowest BCUT2D eigenvalue weighted by Gasteiger charge is -2.21. The zero-order valence-corrected chi connectivity index (χ0v) is 15.0. The van der Waals surface area contributed by atoms with E-state index in [0.717, 1.165) is 12.1 Å². The van der Waals surface area contributed by atoms with Crippen LogP contribution in [0.25, 0.3) is 11.7 Å². The van der Waals surface area contributed by atoms with Gasteiger partial charge in [0.25, 0.3) is 0 Å². The fraction of sp³-hybridized carbons (Fsp3) is 0.474. The maximum atomic E-state index is 11.9. The average Bonchev–Trinajstić information content (AvgIpc) is 2.95. The van der Waals surface area contributed by atoms with Crippen molar-refractivity contribution >= 4 is 29.2 Å². The maximum Gasteiger partial charge on any atom is 0.244 e. The number of hydrogen-bond donors (Lipinski definition) is 1. The van der Waals surface area contributed by atoms with E-state index < -0.39 is 0 Å². The molecule has 0 radical (unpaired) electrons. The van der Waals surface area contributed by atoms with Crippen LogP contribution in [0.4, 0.5) is 0 Å². The van der Waals surface area contributed by atoms with Crippen molar-refractivity contribution in [2.24, 2.45) is 0 Å². The molecule has 3 rings (SSSR count). The monoisotopic (exact) mass is 361 g/mol. The molecule has 0 bridgehead atoms. The Balaban J connectivity index is 1.41. The van der Waals surface area contributed by atoms with E-state index in [2.05, 4.69) is 10.3 Å². The molecule has 2 aromatic heterocycles. The molecular formula is C19H24ClN3O2. The molecule has 0 spiro atoms. The van der Waals surface area contributed by atoms with Crippen molar-refractivity contribution in [3.05, 3.63) is 41.3 Å². The summed E-state index contributed by atoms with van der Waals surface area (Å²) in [6, 6.07) is 5.67. The van der Waals surface area contributed by atoms with Crippen molar-refractivity contribution in [3.8, 4) is 0 Å². The Hall–Kier alpha value is -1.85.